The summed E-state index contributed by atoms with van der Waals surface area (Å²) in [4.78, 5) is 27.1. The first-order valence-electron chi connectivity index (χ1n) is 7.55. The lowest BCUT2D eigenvalue weighted by Crippen LogP contribution is -2.43. The fourth-order valence-electron chi connectivity index (χ4n) is 2.61. The number of nitrogens with zero attached hydrogens (tertiary/aromatic N) is 1. The first-order chi connectivity index (χ1) is 10.9. The minimum absolute atomic E-state index is 0.296. The Balaban J connectivity index is 2.10. The number of carbonyl (C=O) groups excluding carboxylic acids is 1. The number of pyridine rings is 1. The van der Waals surface area contributed by atoms with Crippen LogP contribution in [0.15, 0.2) is 24.5 Å². The average molecular weight is 322 g/mol. The highest BCUT2D eigenvalue weighted by atomic mass is 16.6. The predicted octanol–water partition coefficient (Wildman–Crippen LogP) is 1.15. The zero-order chi connectivity index (χ0) is 17.0. The van der Waals surface area contributed by atoms with Crippen molar-refractivity contribution in [2.24, 2.45) is 5.92 Å². The summed E-state index contributed by atoms with van der Waals surface area (Å²) in [6, 6.07) is 3.39. The molecule has 1 aliphatic rings. The molecule has 1 saturated heterocycles. The number of carboxylic acids is 1. The van der Waals surface area contributed by atoms with Gasteiger partial charge in [-0.3, -0.25) is 9.78 Å². The Hall–Kier alpha value is -1.99. The molecule has 0 radical (unpaired) electrons. The molecule has 1 amide bonds. The molecule has 1 unspecified atom stereocenters. The van der Waals surface area contributed by atoms with E-state index in [2.05, 4.69) is 10.3 Å². The Morgan fingerprint density at radius 1 is 1.43 bits per heavy atom. The third kappa shape index (κ3) is 4.49. The van der Waals surface area contributed by atoms with Gasteiger partial charge >= 0.3 is 5.97 Å². The average Bonchev–Trinajstić information content (AvgIpc) is 3.29. The number of aromatic nitrogens is 1. The Bertz CT molecular complexity index is 549. The number of rotatable bonds is 8. The van der Waals surface area contributed by atoms with Crippen LogP contribution in [-0.4, -0.2) is 47.3 Å². The molecule has 23 heavy (non-hydrogen) atoms. The van der Waals surface area contributed by atoms with Gasteiger partial charge < -0.3 is 19.9 Å². The molecule has 1 aromatic heterocycles. The second kappa shape index (κ2) is 7.52. The fraction of sp³-hybridized carbons (Fsp3) is 0.562. The van der Waals surface area contributed by atoms with Gasteiger partial charge in [0, 0.05) is 25.1 Å². The molecule has 0 saturated carbocycles. The number of epoxide rings is 1. The normalized spacial score (nSPS) is 22.4. The summed E-state index contributed by atoms with van der Waals surface area (Å²) < 4.78 is 10.5. The summed E-state index contributed by atoms with van der Waals surface area (Å²) in [5.74, 6) is -1.22. The van der Waals surface area contributed by atoms with Crippen molar-refractivity contribution in [2.45, 2.75) is 44.6 Å². The first-order valence-corrected chi connectivity index (χ1v) is 7.55. The molecule has 2 N–H and O–H groups in total. The molecule has 0 aromatic carbocycles. The lowest BCUT2D eigenvalue weighted by molar-refractivity contribution is -0.138. The number of hydrogen-bond donors (Lipinski definition) is 2. The van der Waals surface area contributed by atoms with Crippen molar-refractivity contribution in [3.63, 3.8) is 0 Å². The monoisotopic (exact) mass is 322 g/mol. The number of carboxylic acid groups (broad SMARTS) is 1. The van der Waals surface area contributed by atoms with Crippen molar-refractivity contribution in [3.8, 4) is 0 Å². The second-order valence-corrected chi connectivity index (χ2v) is 6.00. The summed E-state index contributed by atoms with van der Waals surface area (Å²) in [5.41, 5.74) is 0.854. The molecule has 1 aromatic rings. The van der Waals surface area contributed by atoms with Gasteiger partial charge in [-0.05, 0) is 18.4 Å². The molecular weight excluding hydrogens is 300 g/mol. The van der Waals surface area contributed by atoms with Crippen LogP contribution in [0, 0.1) is 5.92 Å². The molecule has 2 heterocycles. The van der Waals surface area contributed by atoms with E-state index < -0.39 is 24.1 Å². The number of amides is 1. The van der Waals surface area contributed by atoms with E-state index in [0.717, 1.165) is 5.56 Å². The molecule has 1 aliphatic heterocycles. The van der Waals surface area contributed by atoms with Crippen molar-refractivity contribution < 1.29 is 24.2 Å². The lowest BCUT2D eigenvalue weighted by Gasteiger charge is -2.28. The van der Waals surface area contributed by atoms with E-state index in [0.29, 0.717) is 12.3 Å². The topological polar surface area (TPSA) is 101 Å². The summed E-state index contributed by atoms with van der Waals surface area (Å²) in [6.07, 6.45) is 1.71. The fourth-order valence-corrected chi connectivity index (χ4v) is 2.61. The number of hydrogen-bond acceptors (Lipinski definition) is 5. The number of methoxy groups -OCH3 is 1. The Morgan fingerprint density at radius 2 is 2.17 bits per heavy atom. The van der Waals surface area contributed by atoms with E-state index in [1.54, 1.807) is 25.6 Å². The van der Waals surface area contributed by atoms with E-state index in [4.69, 9.17) is 14.6 Å². The van der Waals surface area contributed by atoms with Crippen LogP contribution in [0.3, 0.4) is 0 Å². The van der Waals surface area contributed by atoms with Crippen LogP contribution >= 0.6 is 0 Å². The Kier molecular flexibility index (Phi) is 5.68. The third-order valence-corrected chi connectivity index (χ3v) is 3.68. The van der Waals surface area contributed by atoms with E-state index in [1.807, 2.05) is 19.9 Å². The number of carbonyl (C=O) groups is 2. The highest BCUT2D eigenvalue weighted by molar-refractivity contribution is 5.92. The third-order valence-electron chi connectivity index (χ3n) is 3.68. The van der Waals surface area contributed by atoms with Gasteiger partial charge in [0.15, 0.2) is 12.2 Å². The summed E-state index contributed by atoms with van der Waals surface area (Å²) in [6.45, 7) is 4.09. The van der Waals surface area contributed by atoms with Crippen LogP contribution in [0.2, 0.25) is 0 Å². The minimum atomic E-state index is -1.12. The molecule has 0 spiro atoms. The molecule has 7 nitrogen and oxygen atoms in total. The van der Waals surface area contributed by atoms with Crippen LogP contribution in [-0.2, 0) is 19.1 Å². The second-order valence-electron chi connectivity index (χ2n) is 6.00. The molecule has 7 heteroatoms. The van der Waals surface area contributed by atoms with Crippen LogP contribution in [0.1, 0.15) is 31.9 Å². The van der Waals surface area contributed by atoms with E-state index in [9.17, 15) is 9.59 Å². The van der Waals surface area contributed by atoms with Crippen LogP contribution < -0.4 is 5.32 Å². The van der Waals surface area contributed by atoms with E-state index in [-0.39, 0.29) is 12.1 Å². The predicted molar refractivity (Wildman–Crippen MR) is 81.7 cm³/mol. The van der Waals surface area contributed by atoms with E-state index in [1.165, 1.54) is 0 Å². The van der Waals surface area contributed by atoms with Gasteiger partial charge in [-0.1, -0.05) is 19.9 Å². The van der Waals surface area contributed by atoms with Gasteiger partial charge in [0.05, 0.1) is 6.04 Å². The highest BCUT2D eigenvalue weighted by Gasteiger charge is 2.51. The summed E-state index contributed by atoms with van der Waals surface area (Å²) in [5, 5.41) is 11.7. The van der Waals surface area contributed by atoms with Crippen molar-refractivity contribution in [3.05, 3.63) is 30.1 Å². The molecule has 4 atom stereocenters. The zero-order valence-electron chi connectivity index (χ0n) is 13.4. The Labute approximate surface area is 135 Å². The summed E-state index contributed by atoms with van der Waals surface area (Å²) in [7, 11) is 1.57. The molecule has 1 fully saturated rings. The van der Waals surface area contributed by atoms with Crippen molar-refractivity contribution in [2.75, 3.05) is 7.11 Å². The lowest BCUT2D eigenvalue weighted by atomic mass is 9.95. The molecule has 0 aliphatic carbocycles. The first kappa shape index (κ1) is 17.4. The van der Waals surface area contributed by atoms with Crippen LogP contribution in [0.4, 0.5) is 0 Å². The quantitative estimate of drug-likeness (QED) is 0.696. The smallest absolute Gasteiger partial charge is 0.336 e. The SMILES string of the molecule is CO[C@@H](c1cccnc1)C(CC(C)C)NC(=O)[C@H]1O[C@@H]1C(=O)O. The Morgan fingerprint density at radius 3 is 2.65 bits per heavy atom. The van der Waals surface area contributed by atoms with Crippen LogP contribution in [0.25, 0.3) is 0 Å². The number of ether oxygens (including phenoxy) is 2. The van der Waals surface area contributed by atoms with Crippen LogP contribution in [0.5, 0.6) is 0 Å². The van der Waals surface area contributed by atoms with Gasteiger partial charge in [0.2, 0.25) is 0 Å². The highest BCUT2D eigenvalue weighted by Crippen LogP contribution is 2.27. The van der Waals surface area contributed by atoms with Gasteiger partial charge in [0.1, 0.15) is 6.10 Å². The standard InChI is InChI=1S/C16H22N2O5/c1-9(2)7-11(12(22-3)10-5-4-6-17-8-10)18-15(19)13-14(23-13)16(20)21/h4-6,8-9,11-14H,7H2,1-3H3,(H,18,19)(H,20,21)/t11?,12-,13-,14-/m0/s1. The molecular formula is C16H22N2O5. The minimum Gasteiger partial charge on any atom is -0.479 e. The zero-order valence-corrected chi connectivity index (χ0v) is 13.4. The number of aliphatic carboxylic acids is 1. The van der Waals surface area contributed by atoms with Gasteiger partial charge in [0.25, 0.3) is 5.91 Å². The van der Waals surface area contributed by atoms with Gasteiger partial charge in [-0.2, -0.15) is 0 Å². The van der Waals surface area contributed by atoms with Gasteiger partial charge in [-0.15, -0.1) is 0 Å². The maximum Gasteiger partial charge on any atom is 0.336 e. The maximum atomic E-state index is 12.2. The van der Waals surface area contributed by atoms with Crippen molar-refractivity contribution >= 4 is 11.9 Å². The molecule has 126 valence electrons. The van der Waals surface area contributed by atoms with Gasteiger partial charge in [-0.25, -0.2) is 4.79 Å². The summed E-state index contributed by atoms with van der Waals surface area (Å²) >= 11 is 0. The molecule has 2 rings (SSSR count). The number of nitrogens with one attached hydrogen (secondary N) is 1. The van der Waals surface area contributed by atoms with Crippen molar-refractivity contribution in [1.29, 1.82) is 0 Å². The largest absolute Gasteiger partial charge is 0.479 e. The van der Waals surface area contributed by atoms with Crippen molar-refractivity contribution in [1.82, 2.24) is 10.3 Å². The van der Waals surface area contributed by atoms with E-state index >= 15 is 0 Å². The maximum absolute atomic E-state index is 12.2. The molecule has 0 bridgehead atoms.